The molecule has 3 aromatic rings. The normalized spacial score (nSPS) is 10.1. The summed E-state index contributed by atoms with van der Waals surface area (Å²) in [7, 11) is 0. The summed E-state index contributed by atoms with van der Waals surface area (Å²) in [5.74, 6) is 0.0868. The highest BCUT2D eigenvalue weighted by Crippen LogP contribution is 2.14. The predicted octanol–water partition coefficient (Wildman–Crippen LogP) is 3.91. The lowest BCUT2D eigenvalue weighted by molar-refractivity contribution is 0.388. The molecule has 0 radical (unpaired) electrons. The molecule has 3 rings (SSSR count). The lowest BCUT2D eigenvalue weighted by Gasteiger charge is -2.00. The van der Waals surface area contributed by atoms with Crippen molar-refractivity contribution in [3.63, 3.8) is 0 Å². The summed E-state index contributed by atoms with van der Waals surface area (Å²) >= 11 is 0. The molecule has 2 aromatic carbocycles. The van der Waals surface area contributed by atoms with Gasteiger partial charge in [0, 0.05) is 11.1 Å². The minimum atomic E-state index is -0.525. The van der Waals surface area contributed by atoms with E-state index in [1.54, 1.807) is 0 Å². The number of H-pyrrole nitrogens is 1. The van der Waals surface area contributed by atoms with Gasteiger partial charge >= 0.3 is 5.76 Å². The maximum absolute atomic E-state index is 10.7. The zero-order valence-corrected chi connectivity index (χ0v) is 15.8. The summed E-state index contributed by atoms with van der Waals surface area (Å²) in [5, 5.41) is 10.8. The Balaban J connectivity index is 0.000000199. The molecule has 0 aliphatic rings. The van der Waals surface area contributed by atoms with Crippen molar-refractivity contribution in [2.45, 2.75) is 39.5 Å². The van der Waals surface area contributed by atoms with Gasteiger partial charge in [0.15, 0.2) is 5.82 Å². The van der Waals surface area contributed by atoms with Crippen LogP contribution in [0.2, 0.25) is 0 Å². The fraction of sp³-hybridized carbons (Fsp3) is 0.286. The first-order valence-corrected chi connectivity index (χ1v) is 9.12. The lowest BCUT2D eigenvalue weighted by Crippen LogP contribution is -2.10. The number of nitrogens with one attached hydrogen (secondary N) is 2. The number of benzene rings is 2. The van der Waals surface area contributed by atoms with Crippen molar-refractivity contribution in [1.29, 1.82) is 5.41 Å². The van der Waals surface area contributed by atoms with Gasteiger partial charge in [-0.25, -0.2) is 4.79 Å². The van der Waals surface area contributed by atoms with Crippen LogP contribution in [0.3, 0.4) is 0 Å². The van der Waals surface area contributed by atoms with E-state index in [2.05, 4.69) is 28.5 Å². The molecule has 0 fully saturated rings. The Hall–Kier alpha value is -3.15. The molecule has 4 N–H and O–H groups in total. The Labute approximate surface area is 158 Å². The summed E-state index contributed by atoms with van der Waals surface area (Å²) in [6.45, 7) is 4.29. The molecule has 6 nitrogen and oxygen atoms in total. The van der Waals surface area contributed by atoms with E-state index in [1.165, 1.54) is 11.1 Å². The van der Waals surface area contributed by atoms with Crippen molar-refractivity contribution < 1.29 is 4.52 Å². The van der Waals surface area contributed by atoms with Crippen molar-refractivity contribution in [3.05, 3.63) is 75.8 Å². The van der Waals surface area contributed by atoms with E-state index in [0.29, 0.717) is 5.82 Å². The maximum Gasteiger partial charge on any atom is 0.439 e. The number of aryl methyl sites for hydroxylation is 2. The highest BCUT2D eigenvalue weighted by Gasteiger charge is 2.03. The standard InChI is InChI=1S/C11H12N2O2.C10H14N2/c1-2-3-8-4-6-9(7-5-8)10-12-11(14)15-13-10;1-2-3-8-4-6-9(7-5-8)10(11)12/h4-7H,2-3H2,1H3,(H,12,13,14);4-7H,2-3H2,1H3,(H3,11,12). The van der Waals surface area contributed by atoms with Gasteiger partial charge in [0.25, 0.3) is 0 Å². The summed E-state index contributed by atoms with van der Waals surface area (Å²) in [5.41, 5.74) is 9.58. The molecule has 0 aliphatic carbocycles. The van der Waals surface area contributed by atoms with Crippen LogP contribution in [-0.2, 0) is 12.8 Å². The Bertz CT molecular complexity index is 893. The third-order valence-corrected chi connectivity index (χ3v) is 4.01. The van der Waals surface area contributed by atoms with Crippen molar-refractivity contribution in [2.24, 2.45) is 5.73 Å². The van der Waals surface area contributed by atoms with E-state index >= 15 is 0 Å². The van der Waals surface area contributed by atoms with E-state index in [4.69, 9.17) is 11.1 Å². The van der Waals surface area contributed by atoms with Crippen LogP contribution in [0.4, 0.5) is 0 Å². The van der Waals surface area contributed by atoms with E-state index in [-0.39, 0.29) is 5.84 Å². The van der Waals surface area contributed by atoms with Gasteiger partial charge in [-0.3, -0.25) is 14.9 Å². The molecule has 1 heterocycles. The van der Waals surface area contributed by atoms with Gasteiger partial charge in [0.1, 0.15) is 5.84 Å². The van der Waals surface area contributed by atoms with Crippen molar-refractivity contribution >= 4 is 5.84 Å². The Morgan fingerprint density at radius 3 is 1.93 bits per heavy atom. The number of nitrogens with two attached hydrogens (primary N) is 1. The number of aromatic nitrogens is 2. The molecule has 27 heavy (non-hydrogen) atoms. The lowest BCUT2D eigenvalue weighted by atomic mass is 10.1. The van der Waals surface area contributed by atoms with Gasteiger partial charge in [-0.05, 0) is 24.0 Å². The molecule has 0 atom stereocenters. The Morgan fingerprint density at radius 1 is 1.00 bits per heavy atom. The molecule has 0 amide bonds. The minimum Gasteiger partial charge on any atom is -0.384 e. The number of nitrogens with zero attached hydrogens (tertiary/aromatic N) is 1. The Morgan fingerprint density at radius 2 is 1.52 bits per heavy atom. The number of aromatic amines is 1. The molecular weight excluding hydrogens is 340 g/mol. The molecule has 0 unspecified atom stereocenters. The summed E-state index contributed by atoms with van der Waals surface area (Å²) in [4.78, 5) is 13.3. The van der Waals surface area contributed by atoms with Gasteiger partial charge in [0.2, 0.25) is 0 Å². The molecule has 0 saturated heterocycles. The van der Waals surface area contributed by atoms with Gasteiger partial charge in [-0.1, -0.05) is 80.4 Å². The summed E-state index contributed by atoms with van der Waals surface area (Å²) < 4.78 is 4.44. The second kappa shape index (κ2) is 10.1. The van der Waals surface area contributed by atoms with Crippen LogP contribution in [0.25, 0.3) is 11.4 Å². The first-order chi connectivity index (χ1) is 13.0. The van der Waals surface area contributed by atoms with Gasteiger partial charge in [-0.2, -0.15) is 0 Å². The molecule has 6 heteroatoms. The number of hydrogen-bond acceptors (Lipinski definition) is 4. The highest BCUT2D eigenvalue weighted by atomic mass is 16.5. The molecule has 0 aliphatic heterocycles. The molecule has 142 valence electrons. The van der Waals surface area contributed by atoms with Crippen molar-refractivity contribution in [3.8, 4) is 11.4 Å². The average molecular weight is 366 g/mol. The number of rotatable bonds is 6. The second-order valence-corrected chi connectivity index (χ2v) is 6.25. The SMILES string of the molecule is CCCc1ccc(-c2noc(=O)[nH]2)cc1.CCCc1ccc(C(=N)N)cc1. The molecule has 1 aromatic heterocycles. The Kier molecular flexibility index (Phi) is 7.55. The molecular formula is C21H26N4O2. The van der Waals surface area contributed by atoms with Crippen LogP contribution in [0.1, 0.15) is 43.4 Å². The van der Waals surface area contributed by atoms with Crippen LogP contribution >= 0.6 is 0 Å². The summed E-state index contributed by atoms with van der Waals surface area (Å²) in [6.07, 6.45) is 4.44. The first-order valence-electron chi connectivity index (χ1n) is 9.12. The first kappa shape index (κ1) is 20.2. The molecule has 0 saturated carbocycles. The second-order valence-electron chi connectivity index (χ2n) is 6.25. The predicted molar refractivity (Wildman–Crippen MR) is 108 cm³/mol. The topological polar surface area (TPSA) is 109 Å². The van der Waals surface area contributed by atoms with Gasteiger partial charge in [-0.15, -0.1) is 0 Å². The van der Waals surface area contributed by atoms with Gasteiger partial charge in [0.05, 0.1) is 0 Å². The minimum absolute atomic E-state index is 0.137. The third kappa shape index (κ3) is 6.26. The third-order valence-electron chi connectivity index (χ3n) is 4.01. The monoisotopic (exact) mass is 366 g/mol. The fourth-order valence-corrected chi connectivity index (χ4v) is 2.61. The highest BCUT2D eigenvalue weighted by molar-refractivity contribution is 5.94. The zero-order chi connectivity index (χ0) is 19.6. The van der Waals surface area contributed by atoms with Gasteiger partial charge < -0.3 is 5.73 Å². The molecule has 0 bridgehead atoms. The number of nitrogen functional groups attached to an aromatic ring is 1. The number of hydrogen-bond donors (Lipinski definition) is 3. The molecule has 0 spiro atoms. The quantitative estimate of drug-likeness (QED) is 0.454. The van der Waals surface area contributed by atoms with E-state index in [1.807, 2.05) is 48.5 Å². The average Bonchev–Trinajstić information content (AvgIpc) is 3.10. The van der Waals surface area contributed by atoms with Crippen LogP contribution < -0.4 is 11.5 Å². The van der Waals surface area contributed by atoms with Crippen LogP contribution in [0, 0.1) is 5.41 Å². The summed E-state index contributed by atoms with van der Waals surface area (Å²) in [6, 6.07) is 15.8. The smallest absolute Gasteiger partial charge is 0.384 e. The van der Waals surface area contributed by atoms with Crippen LogP contribution in [0.5, 0.6) is 0 Å². The van der Waals surface area contributed by atoms with E-state index < -0.39 is 5.76 Å². The van der Waals surface area contributed by atoms with E-state index in [0.717, 1.165) is 36.8 Å². The number of amidine groups is 1. The van der Waals surface area contributed by atoms with E-state index in [9.17, 15) is 4.79 Å². The van der Waals surface area contributed by atoms with Crippen molar-refractivity contribution in [1.82, 2.24) is 10.1 Å². The van der Waals surface area contributed by atoms with Crippen molar-refractivity contribution in [2.75, 3.05) is 0 Å². The van der Waals surface area contributed by atoms with Crippen LogP contribution in [-0.4, -0.2) is 16.0 Å². The van der Waals surface area contributed by atoms with Crippen LogP contribution in [0.15, 0.2) is 57.8 Å². The zero-order valence-electron chi connectivity index (χ0n) is 15.8. The largest absolute Gasteiger partial charge is 0.439 e. The maximum atomic E-state index is 10.7. The fourth-order valence-electron chi connectivity index (χ4n) is 2.61.